The van der Waals surface area contributed by atoms with Crippen LogP contribution in [0.3, 0.4) is 0 Å². The average Bonchev–Trinajstić information content (AvgIpc) is 2.81. The van der Waals surface area contributed by atoms with E-state index < -0.39 is 0 Å². The third kappa shape index (κ3) is 3.71. The Kier molecular flexibility index (Phi) is 4.97. The van der Waals surface area contributed by atoms with E-state index in [1.54, 1.807) is 0 Å². The van der Waals surface area contributed by atoms with Gasteiger partial charge in [-0.25, -0.2) is 0 Å². The molecule has 1 aliphatic heterocycles. The van der Waals surface area contributed by atoms with E-state index in [2.05, 4.69) is 33.0 Å². The van der Waals surface area contributed by atoms with Gasteiger partial charge in [-0.2, -0.15) is 5.10 Å². The molecule has 1 fully saturated rings. The highest BCUT2D eigenvalue weighted by Crippen LogP contribution is 2.10. The number of oxime groups is 1. The fraction of sp³-hybridized carbons (Fsp3) is 0.692. The van der Waals surface area contributed by atoms with Gasteiger partial charge in [-0.1, -0.05) is 12.1 Å². The van der Waals surface area contributed by atoms with Crippen LogP contribution in [0.2, 0.25) is 0 Å². The highest BCUT2D eigenvalue weighted by molar-refractivity contribution is 5.81. The van der Waals surface area contributed by atoms with E-state index in [1.165, 1.54) is 5.69 Å². The predicted molar refractivity (Wildman–Crippen MR) is 77.7 cm³/mol. The van der Waals surface area contributed by atoms with Crippen molar-refractivity contribution in [3.05, 3.63) is 17.5 Å². The van der Waals surface area contributed by atoms with Crippen LogP contribution < -0.4 is 5.73 Å². The number of aryl methyl sites for hydroxylation is 2. The van der Waals surface area contributed by atoms with Gasteiger partial charge in [0, 0.05) is 39.8 Å². The number of nitrogens with two attached hydrogens (primary N) is 1. The van der Waals surface area contributed by atoms with Crippen LogP contribution in [-0.2, 0) is 20.0 Å². The predicted octanol–water partition coefficient (Wildman–Crippen LogP) is -0.153. The second-order valence-electron chi connectivity index (χ2n) is 5.25. The minimum atomic E-state index is 0.276. The summed E-state index contributed by atoms with van der Waals surface area (Å²) in [5.74, 6) is 0.276. The van der Waals surface area contributed by atoms with Gasteiger partial charge in [-0.3, -0.25) is 14.5 Å². The molecule has 1 aromatic heterocycles. The molecule has 0 amide bonds. The summed E-state index contributed by atoms with van der Waals surface area (Å²) >= 11 is 0. The Hall–Kier alpha value is -1.60. The van der Waals surface area contributed by atoms with E-state index in [0.29, 0.717) is 6.54 Å². The van der Waals surface area contributed by atoms with E-state index in [9.17, 15) is 0 Å². The molecule has 0 atom stereocenters. The summed E-state index contributed by atoms with van der Waals surface area (Å²) < 4.78 is 1.97. The standard InChI is InChI=1S/C13H24N6O/c1-3-11-8-12(17(2)15-11)9-18-4-6-19(7-5-18)10-13(14)16-20/h8,20H,3-7,9-10H2,1-2H3,(H2,14,16). The number of hydrogen-bond acceptors (Lipinski definition) is 5. The van der Waals surface area contributed by atoms with Gasteiger partial charge in [-0.05, 0) is 12.5 Å². The molecular weight excluding hydrogens is 256 g/mol. The zero-order valence-electron chi connectivity index (χ0n) is 12.3. The van der Waals surface area contributed by atoms with Gasteiger partial charge in [-0.15, -0.1) is 0 Å². The number of nitrogens with zero attached hydrogens (tertiary/aromatic N) is 5. The second kappa shape index (κ2) is 6.71. The lowest BCUT2D eigenvalue weighted by Crippen LogP contribution is -2.48. The maximum absolute atomic E-state index is 8.58. The lowest BCUT2D eigenvalue weighted by Gasteiger charge is -2.34. The Morgan fingerprint density at radius 1 is 1.35 bits per heavy atom. The van der Waals surface area contributed by atoms with Crippen LogP contribution in [0.4, 0.5) is 0 Å². The molecule has 3 N–H and O–H groups in total. The van der Waals surface area contributed by atoms with E-state index >= 15 is 0 Å². The third-order valence-corrected chi connectivity index (χ3v) is 3.75. The van der Waals surface area contributed by atoms with Crippen molar-refractivity contribution in [2.75, 3.05) is 32.7 Å². The van der Waals surface area contributed by atoms with Gasteiger partial charge in [0.15, 0.2) is 5.84 Å². The van der Waals surface area contributed by atoms with E-state index in [0.717, 1.165) is 44.8 Å². The quantitative estimate of drug-likeness (QED) is 0.339. The van der Waals surface area contributed by atoms with Crippen molar-refractivity contribution in [2.24, 2.45) is 17.9 Å². The number of amidine groups is 1. The molecule has 112 valence electrons. The van der Waals surface area contributed by atoms with Crippen molar-refractivity contribution in [1.82, 2.24) is 19.6 Å². The molecule has 7 nitrogen and oxygen atoms in total. The average molecular weight is 280 g/mol. The summed E-state index contributed by atoms with van der Waals surface area (Å²) in [6.45, 7) is 7.45. The molecule has 0 radical (unpaired) electrons. The summed E-state index contributed by atoms with van der Waals surface area (Å²) in [5, 5.41) is 16.1. The summed E-state index contributed by atoms with van der Waals surface area (Å²) in [6.07, 6.45) is 0.974. The molecule has 0 aromatic carbocycles. The first kappa shape index (κ1) is 14.8. The molecule has 2 rings (SSSR count). The van der Waals surface area contributed by atoms with E-state index in [-0.39, 0.29) is 5.84 Å². The van der Waals surface area contributed by atoms with Crippen molar-refractivity contribution >= 4 is 5.84 Å². The van der Waals surface area contributed by atoms with Crippen LogP contribution in [0.15, 0.2) is 11.2 Å². The van der Waals surface area contributed by atoms with Gasteiger partial charge < -0.3 is 10.9 Å². The number of hydrogen-bond donors (Lipinski definition) is 2. The molecule has 1 aliphatic rings. The third-order valence-electron chi connectivity index (χ3n) is 3.75. The van der Waals surface area contributed by atoms with E-state index in [1.807, 2.05) is 11.7 Å². The van der Waals surface area contributed by atoms with Crippen molar-refractivity contribution in [3.63, 3.8) is 0 Å². The van der Waals surface area contributed by atoms with Gasteiger partial charge in [0.1, 0.15) is 0 Å². The maximum Gasteiger partial charge on any atom is 0.153 e. The fourth-order valence-electron chi connectivity index (χ4n) is 2.49. The minimum Gasteiger partial charge on any atom is -0.409 e. The summed E-state index contributed by atoms with van der Waals surface area (Å²) in [7, 11) is 2.00. The Bertz CT molecular complexity index is 461. The Balaban J connectivity index is 1.83. The van der Waals surface area contributed by atoms with Crippen molar-refractivity contribution in [1.29, 1.82) is 0 Å². The summed E-state index contributed by atoms with van der Waals surface area (Å²) in [5.41, 5.74) is 7.94. The van der Waals surface area contributed by atoms with E-state index in [4.69, 9.17) is 10.9 Å². The summed E-state index contributed by atoms with van der Waals surface area (Å²) in [4.78, 5) is 4.62. The van der Waals surface area contributed by atoms with Gasteiger partial charge >= 0.3 is 0 Å². The molecule has 1 aromatic rings. The molecule has 0 saturated carbocycles. The molecular formula is C13H24N6O. The molecule has 0 unspecified atom stereocenters. The number of piperazine rings is 1. The van der Waals surface area contributed by atoms with Crippen LogP contribution in [0, 0.1) is 0 Å². The maximum atomic E-state index is 8.58. The Labute approximate surface area is 119 Å². The van der Waals surface area contributed by atoms with Crippen LogP contribution in [0.5, 0.6) is 0 Å². The smallest absolute Gasteiger partial charge is 0.153 e. The lowest BCUT2D eigenvalue weighted by atomic mass is 10.2. The van der Waals surface area contributed by atoms with Crippen molar-refractivity contribution < 1.29 is 5.21 Å². The highest BCUT2D eigenvalue weighted by atomic mass is 16.4. The largest absolute Gasteiger partial charge is 0.409 e. The van der Waals surface area contributed by atoms with Crippen LogP contribution in [-0.4, -0.2) is 63.3 Å². The minimum absolute atomic E-state index is 0.276. The molecule has 0 aliphatic carbocycles. The summed E-state index contributed by atoms with van der Waals surface area (Å²) in [6, 6.07) is 2.18. The van der Waals surface area contributed by atoms with Gasteiger partial charge in [0.2, 0.25) is 0 Å². The van der Waals surface area contributed by atoms with Crippen LogP contribution in [0.1, 0.15) is 18.3 Å². The fourth-order valence-corrected chi connectivity index (χ4v) is 2.49. The first-order chi connectivity index (χ1) is 9.62. The number of aromatic nitrogens is 2. The van der Waals surface area contributed by atoms with Gasteiger partial charge in [0.25, 0.3) is 0 Å². The molecule has 0 spiro atoms. The van der Waals surface area contributed by atoms with Gasteiger partial charge in [0.05, 0.1) is 17.9 Å². The Morgan fingerprint density at radius 3 is 2.55 bits per heavy atom. The van der Waals surface area contributed by atoms with Crippen LogP contribution >= 0.6 is 0 Å². The molecule has 20 heavy (non-hydrogen) atoms. The first-order valence-electron chi connectivity index (χ1n) is 7.05. The topological polar surface area (TPSA) is 82.9 Å². The van der Waals surface area contributed by atoms with Crippen molar-refractivity contribution in [3.8, 4) is 0 Å². The normalized spacial score (nSPS) is 18.6. The number of rotatable bonds is 5. The molecule has 1 saturated heterocycles. The second-order valence-corrected chi connectivity index (χ2v) is 5.25. The molecule has 7 heteroatoms. The zero-order chi connectivity index (χ0) is 14.5. The SMILES string of the molecule is CCc1cc(CN2CCN(CC(N)=NO)CC2)n(C)n1. The van der Waals surface area contributed by atoms with Crippen LogP contribution in [0.25, 0.3) is 0 Å². The van der Waals surface area contributed by atoms with Crippen molar-refractivity contribution in [2.45, 2.75) is 19.9 Å². The zero-order valence-corrected chi connectivity index (χ0v) is 12.3. The molecule has 2 heterocycles. The monoisotopic (exact) mass is 280 g/mol. The highest BCUT2D eigenvalue weighted by Gasteiger charge is 2.18. The lowest BCUT2D eigenvalue weighted by molar-refractivity contribution is 0.136. The molecule has 0 bridgehead atoms. The first-order valence-corrected chi connectivity index (χ1v) is 7.05. The Morgan fingerprint density at radius 2 is 2.00 bits per heavy atom.